The highest BCUT2D eigenvalue weighted by molar-refractivity contribution is 6.11. The van der Waals surface area contributed by atoms with Gasteiger partial charge in [0.1, 0.15) is 5.92 Å². The molecular weight excluding hydrogens is 332 g/mol. The number of rotatable bonds is 3. The third kappa shape index (κ3) is 3.32. The largest absolute Gasteiger partial charge is 0.481 e. The Bertz CT molecular complexity index is 788. The Morgan fingerprint density at radius 1 is 1.36 bits per heavy atom. The van der Waals surface area contributed by atoms with E-state index in [0.29, 0.717) is 4.90 Å². The molecule has 2 unspecified atom stereocenters. The van der Waals surface area contributed by atoms with E-state index in [0.717, 1.165) is 11.0 Å². The molecule has 0 aromatic heterocycles. The quantitative estimate of drug-likeness (QED) is 0.655. The zero-order chi connectivity index (χ0) is 18.9. The van der Waals surface area contributed by atoms with Gasteiger partial charge in [-0.25, -0.2) is 19.5 Å². The summed E-state index contributed by atoms with van der Waals surface area (Å²) in [6.45, 7) is 1.37. The van der Waals surface area contributed by atoms with Gasteiger partial charge in [-0.2, -0.15) is 0 Å². The lowest BCUT2D eigenvalue weighted by Crippen LogP contribution is -2.52. The first-order valence-electron chi connectivity index (χ1n) is 7.22. The van der Waals surface area contributed by atoms with Crippen LogP contribution in [0.4, 0.5) is 15.3 Å². The standard InChI is InChI=1S/C15H16N4O6/c1-8-11(13(20)21)12(9-5-4-6-10(7-9)19(24)25)18(14(22)16-8)15(23)17(2)3/h4-7,11-12H,1-3H3,(H,20,21). The topological polar surface area (TPSA) is 133 Å². The van der Waals surface area contributed by atoms with E-state index >= 15 is 0 Å². The smallest absolute Gasteiger partial charge is 0.352 e. The third-order valence-electron chi connectivity index (χ3n) is 3.80. The number of carboxylic acid groups (broad SMARTS) is 1. The summed E-state index contributed by atoms with van der Waals surface area (Å²) in [6.07, 6.45) is 0. The van der Waals surface area contributed by atoms with Crippen molar-refractivity contribution < 1.29 is 24.4 Å². The monoisotopic (exact) mass is 348 g/mol. The maximum atomic E-state index is 12.4. The molecule has 0 saturated carbocycles. The third-order valence-corrected chi connectivity index (χ3v) is 3.80. The van der Waals surface area contributed by atoms with Gasteiger partial charge in [0.05, 0.1) is 11.0 Å². The minimum atomic E-state index is -1.30. The Morgan fingerprint density at radius 3 is 2.52 bits per heavy atom. The van der Waals surface area contributed by atoms with Crippen LogP contribution < -0.4 is 0 Å². The molecule has 0 fully saturated rings. The van der Waals surface area contributed by atoms with Crippen LogP contribution in [0.5, 0.6) is 0 Å². The molecule has 10 heteroatoms. The fourth-order valence-corrected chi connectivity index (χ4v) is 2.66. The minimum Gasteiger partial charge on any atom is -0.481 e. The number of amides is 4. The number of hydrogen-bond donors (Lipinski definition) is 1. The summed E-state index contributed by atoms with van der Waals surface area (Å²) in [6, 6.07) is 2.29. The zero-order valence-corrected chi connectivity index (χ0v) is 13.7. The van der Waals surface area contributed by atoms with Gasteiger partial charge in [0.15, 0.2) is 0 Å². The number of non-ortho nitro benzene ring substituents is 1. The van der Waals surface area contributed by atoms with Gasteiger partial charge in [-0.05, 0) is 12.5 Å². The number of aliphatic carboxylic acids is 1. The lowest BCUT2D eigenvalue weighted by molar-refractivity contribution is -0.385. The number of nitrogens with zero attached hydrogens (tertiary/aromatic N) is 4. The number of nitro groups is 1. The minimum absolute atomic E-state index is 0.0248. The van der Waals surface area contributed by atoms with Gasteiger partial charge in [0.2, 0.25) is 0 Å². The number of hydrogen-bond acceptors (Lipinski definition) is 5. The average Bonchev–Trinajstić information content (AvgIpc) is 2.53. The van der Waals surface area contributed by atoms with E-state index in [-0.39, 0.29) is 17.0 Å². The molecule has 2 rings (SSSR count). The van der Waals surface area contributed by atoms with Gasteiger partial charge in [-0.15, -0.1) is 0 Å². The van der Waals surface area contributed by atoms with Gasteiger partial charge in [-0.3, -0.25) is 14.9 Å². The zero-order valence-electron chi connectivity index (χ0n) is 13.7. The highest BCUT2D eigenvalue weighted by Gasteiger charge is 2.46. The number of imide groups is 1. The Morgan fingerprint density at radius 2 is 2.00 bits per heavy atom. The van der Waals surface area contributed by atoms with Crippen LogP contribution >= 0.6 is 0 Å². The van der Waals surface area contributed by atoms with Crippen LogP contribution in [0.1, 0.15) is 18.5 Å². The molecule has 25 heavy (non-hydrogen) atoms. The van der Waals surface area contributed by atoms with Crippen LogP contribution in [-0.4, -0.2) is 57.7 Å². The molecule has 10 nitrogen and oxygen atoms in total. The van der Waals surface area contributed by atoms with Crippen molar-refractivity contribution in [3.63, 3.8) is 0 Å². The molecule has 132 valence electrons. The molecule has 0 saturated heterocycles. The van der Waals surface area contributed by atoms with Crippen LogP contribution in [0.25, 0.3) is 0 Å². The predicted molar refractivity (Wildman–Crippen MR) is 86.4 cm³/mol. The number of aliphatic imine (C=N–C) groups is 1. The molecule has 1 aromatic carbocycles. The number of urea groups is 2. The maximum absolute atomic E-state index is 12.4. The van der Waals surface area contributed by atoms with Gasteiger partial charge < -0.3 is 10.0 Å². The summed E-state index contributed by atoms with van der Waals surface area (Å²) >= 11 is 0. The Balaban J connectivity index is 2.68. The van der Waals surface area contributed by atoms with E-state index in [2.05, 4.69) is 4.99 Å². The lowest BCUT2D eigenvalue weighted by atomic mass is 9.87. The summed E-state index contributed by atoms with van der Waals surface area (Å²) < 4.78 is 0. The van der Waals surface area contributed by atoms with Crippen molar-refractivity contribution in [3.8, 4) is 0 Å². The second kappa shape index (κ2) is 6.67. The van der Waals surface area contributed by atoms with Crippen molar-refractivity contribution >= 4 is 29.4 Å². The Hall–Kier alpha value is -3.30. The molecule has 0 bridgehead atoms. The first kappa shape index (κ1) is 18.0. The predicted octanol–water partition coefficient (Wildman–Crippen LogP) is 1.91. The van der Waals surface area contributed by atoms with E-state index in [4.69, 9.17) is 0 Å². The highest BCUT2D eigenvalue weighted by atomic mass is 16.6. The molecule has 4 amide bonds. The lowest BCUT2D eigenvalue weighted by Gasteiger charge is -2.37. The Kier molecular flexibility index (Phi) is 4.82. The summed E-state index contributed by atoms with van der Waals surface area (Å²) in [5.41, 5.74) is -0.0808. The maximum Gasteiger partial charge on any atom is 0.352 e. The Labute approximate surface area is 142 Å². The molecule has 0 spiro atoms. The van der Waals surface area contributed by atoms with Crippen molar-refractivity contribution in [3.05, 3.63) is 39.9 Å². The van der Waals surface area contributed by atoms with Crippen LogP contribution in [0.15, 0.2) is 29.3 Å². The number of nitro benzene ring substituents is 1. The van der Waals surface area contributed by atoms with E-state index < -0.39 is 34.9 Å². The first-order valence-corrected chi connectivity index (χ1v) is 7.22. The fourth-order valence-electron chi connectivity index (χ4n) is 2.66. The van der Waals surface area contributed by atoms with Gasteiger partial charge in [-0.1, -0.05) is 12.1 Å². The summed E-state index contributed by atoms with van der Waals surface area (Å²) in [7, 11) is 2.81. The molecule has 0 aliphatic carbocycles. The molecular formula is C15H16N4O6. The van der Waals surface area contributed by atoms with Crippen molar-refractivity contribution in [1.29, 1.82) is 0 Å². The van der Waals surface area contributed by atoms with Crippen molar-refractivity contribution in [2.24, 2.45) is 10.9 Å². The van der Waals surface area contributed by atoms with Crippen LogP contribution in [0.3, 0.4) is 0 Å². The van der Waals surface area contributed by atoms with Gasteiger partial charge >= 0.3 is 18.0 Å². The summed E-state index contributed by atoms with van der Waals surface area (Å²) in [5.74, 6) is -2.59. The van der Waals surface area contributed by atoms with Gasteiger partial charge in [0, 0.05) is 31.9 Å². The molecule has 1 aromatic rings. The van der Waals surface area contributed by atoms with Crippen molar-refractivity contribution in [2.45, 2.75) is 13.0 Å². The fraction of sp³-hybridized carbons (Fsp3) is 0.333. The number of carbonyl (C=O) groups excluding carboxylic acids is 2. The summed E-state index contributed by atoms with van der Waals surface area (Å²) in [4.78, 5) is 52.3. The van der Waals surface area contributed by atoms with Gasteiger partial charge in [0.25, 0.3) is 5.69 Å². The SMILES string of the molecule is CC1=NC(=O)N(C(=O)N(C)C)C(c2cccc([N+](=O)[O-])c2)C1C(=O)O. The second-order valence-electron chi connectivity index (χ2n) is 5.70. The summed E-state index contributed by atoms with van der Waals surface area (Å²) in [5, 5.41) is 20.6. The van der Waals surface area contributed by atoms with Crippen LogP contribution in [0.2, 0.25) is 0 Å². The average molecular weight is 348 g/mol. The molecule has 2 atom stereocenters. The number of benzene rings is 1. The molecule has 1 aliphatic rings. The molecule has 0 radical (unpaired) electrons. The normalized spacial score (nSPS) is 20.0. The van der Waals surface area contributed by atoms with E-state index in [1.54, 1.807) is 0 Å². The first-order chi connectivity index (χ1) is 11.6. The molecule has 1 aliphatic heterocycles. The van der Waals surface area contributed by atoms with Crippen molar-refractivity contribution in [1.82, 2.24) is 9.80 Å². The van der Waals surface area contributed by atoms with Crippen molar-refractivity contribution in [2.75, 3.05) is 14.1 Å². The number of carboxylic acids is 1. The molecule has 1 heterocycles. The van der Waals surface area contributed by atoms with Crippen LogP contribution in [0, 0.1) is 16.0 Å². The molecule has 1 N–H and O–H groups in total. The number of carbonyl (C=O) groups is 3. The second-order valence-corrected chi connectivity index (χ2v) is 5.70. The van der Waals surface area contributed by atoms with E-state index in [9.17, 15) is 29.6 Å². The van der Waals surface area contributed by atoms with E-state index in [1.807, 2.05) is 0 Å². The highest BCUT2D eigenvalue weighted by Crippen LogP contribution is 2.36. The van der Waals surface area contributed by atoms with E-state index in [1.165, 1.54) is 39.2 Å². The van der Waals surface area contributed by atoms with Crippen LogP contribution in [-0.2, 0) is 4.79 Å².